The highest BCUT2D eigenvalue weighted by Crippen LogP contribution is 2.64. The SMILES string of the molecule is CCC(=O)N(C)CCCOc1cc(C)c(-c2cccc(CNc3ccc4c(c3)CC3(CC3)C4CC(=O)OC)c2C)c(C)c1. The second-order valence-electron chi connectivity index (χ2n) is 12.5. The first-order valence-electron chi connectivity index (χ1n) is 15.7. The Morgan fingerprint density at radius 1 is 1.05 bits per heavy atom. The third-order valence-corrected chi connectivity index (χ3v) is 9.63. The van der Waals surface area contributed by atoms with Crippen molar-refractivity contribution < 1.29 is 19.1 Å². The van der Waals surface area contributed by atoms with Gasteiger partial charge in [-0.15, -0.1) is 0 Å². The van der Waals surface area contributed by atoms with Crippen LogP contribution in [0.1, 0.15) is 78.3 Å². The lowest BCUT2D eigenvalue weighted by Gasteiger charge is -2.19. The first-order valence-corrected chi connectivity index (χ1v) is 15.7. The van der Waals surface area contributed by atoms with E-state index in [9.17, 15) is 9.59 Å². The number of amides is 1. The molecule has 1 unspecified atom stereocenters. The molecule has 6 heteroatoms. The van der Waals surface area contributed by atoms with Crippen LogP contribution in [0.5, 0.6) is 5.75 Å². The Labute approximate surface area is 256 Å². The molecular weight excluding hydrogens is 536 g/mol. The van der Waals surface area contributed by atoms with E-state index in [-0.39, 0.29) is 23.2 Å². The molecule has 0 radical (unpaired) electrons. The molecule has 3 aromatic carbocycles. The molecule has 1 amide bonds. The Morgan fingerprint density at radius 2 is 1.79 bits per heavy atom. The third-order valence-electron chi connectivity index (χ3n) is 9.63. The monoisotopic (exact) mass is 582 g/mol. The van der Waals surface area contributed by atoms with E-state index >= 15 is 0 Å². The van der Waals surface area contributed by atoms with Crippen LogP contribution in [-0.2, 0) is 27.3 Å². The molecule has 2 aliphatic rings. The van der Waals surface area contributed by atoms with Gasteiger partial charge in [-0.25, -0.2) is 0 Å². The van der Waals surface area contributed by atoms with Crippen LogP contribution in [0.2, 0.25) is 0 Å². The van der Waals surface area contributed by atoms with Gasteiger partial charge in [0.05, 0.1) is 20.1 Å². The van der Waals surface area contributed by atoms with Gasteiger partial charge in [0.25, 0.3) is 0 Å². The minimum atomic E-state index is -0.112. The van der Waals surface area contributed by atoms with E-state index in [1.807, 2.05) is 14.0 Å². The lowest BCUT2D eigenvalue weighted by molar-refractivity contribution is -0.141. The Balaban J connectivity index is 1.25. The predicted octanol–water partition coefficient (Wildman–Crippen LogP) is 7.51. The molecule has 1 N–H and O–H groups in total. The molecule has 3 aromatic rings. The summed E-state index contributed by atoms with van der Waals surface area (Å²) in [5.74, 6) is 1.20. The van der Waals surface area contributed by atoms with E-state index in [1.54, 1.807) is 4.90 Å². The number of benzene rings is 3. The molecule has 0 saturated heterocycles. The average molecular weight is 583 g/mol. The number of esters is 1. The molecule has 1 saturated carbocycles. The van der Waals surface area contributed by atoms with Crippen molar-refractivity contribution in [2.45, 2.75) is 78.7 Å². The summed E-state index contributed by atoms with van der Waals surface area (Å²) in [4.78, 5) is 25.6. The smallest absolute Gasteiger partial charge is 0.306 e. The molecule has 0 aliphatic heterocycles. The van der Waals surface area contributed by atoms with Crippen LogP contribution in [0.15, 0.2) is 48.5 Å². The summed E-state index contributed by atoms with van der Waals surface area (Å²) in [5.41, 5.74) is 11.5. The van der Waals surface area contributed by atoms with Crippen LogP contribution in [-0.4, -0.2) is 44.1 Å². The fraction of sp³-hybridized carbons (Fsp3) is 0.459. The van der Waals surface area contributed by atoms with Crippen molar-refractivity contribution in [3.63, 3.8) is 0 Å². The molecule has 228 valence electrons. The molecule has 2 aliphatic carbocycles. The molecule has 1 atom stereocenters. The van der Waals surface area contributed by atoms with Crippen LogP contribution in [0.25, 0.3) is 11.1 Å². The minimum Gasteiger partial charge on any atom is -0.494 e. The number of carbonyl (C=O) groups is 2. The summed E-state index contributed by atoms with van der Waals surface area (Å²) in [6.07, 6.45) is 5.26. The average Bonchev–Trinajstić information content (AvgIpc) is 3.70. The zero-order valence-electron chi connectivity index (χ0n) is 26.6. The molecule has 5 rings (SSSR count). The summed E-state index contributed by atoms with van der Waals surface area (Å²) in [5, 5.41) is 3.67. The topological polar surface area (TPSA) is 67.9 Å². The minimum absolute atomic E-state index is 0.112. The molecule has 0 heterocycles. The standard InChI is InChI=1S/C37H46N2O4/c1-7-34(40)39(5)16-9-17-43-30-18-24(2)36(25(3)19-30)31-11-8-10-27(26(31)4)23-38-29-12-13-32-28(20-29)22-37(14-15-37)33(32)21-35(41)42-6/h8,10-13,18-20,33,38H,7,9,14-17,21-23H2,1-6H3. The molecule has 1 spiro atoms. The summed E-state index contributed by atoms with van der Waals surface area (Å²) in [6.45, 7) is 10.4. The number of hydrogen-bond acceptors (Lipinski definition) is 5. The van der Waals surface area contributed by atoms with Crippen molar-refractivity contribution >= 4 is 17.6 Å². The number of ether oxygens (including phenoxy) is 2. The van der Waals surface area contributed by atoms with E-state index in [4.69, 9.17) is 9.47 Å². The van der Waals surface area contributed by atoms with E-state index in [1.165, 1.54) is 64.5 Å². The van der Waals surface area contributed by atoms with Gasteiger partial charge in [-0.05, 0) is 121 Å². The Morgan fingerprint density at radius 3 is 2.47 bits per heavy atom. The number of anilines is 1. The van der Waals surface area contributed by atoms with Gasteiger partial charge in [-0.2, -0.15) is 0 Å². The quantitative estimate of drug-likeness (QED) is 0.177. The van der Waals surface area contributed by atoms with Gasteiger partial charge in [0.2, 0.25) is 5.91 Å². The van der Waals surface area contributed by atoms with Crippen LogP contribution < -0.4 is 10.1 Å². The van der Waals surface area contributed by atoms with Gasteiger partial charge in [-0.3, -0.25) is 9.59 Å². The van der Waals surface area contributed by atoms with Crippen LogP contribution in [0.4, 0.5) is 5.69 Å². The van der Waals surface area contributed by atoms with Gasteiger partial charge >= 0.3 is 5.97 Å². The van der Waals surface area contributed by atoms with E-state index in [0.29, 0.717) is 26.0 Å². The van der Waals surface area contributed by atoms with Crippen molar-refractivity contribution in [1.29, 1.82) is 0 Å². The number of fused-ring (bicyclic) bond motifs is 1. The van der Waals surface area contributed by atoms with E-state index in [2.05, 4.69) is 74.6 Å². The normalized spacial score (nSPS) is 16.1. The highest BCUT2D eigenvalue weighted by Gasteiger charge is 2.54. The van der Waals surface area contributed by atoms with Gasteiger partial charge in [0.15, 0.2) is 0 Å². The van der Waals surface area contributed by atoms with Gasteiger partial charge in [0.1, 0.15) is 5.75 Å². The van der Waals surface area contributed by atoms with Crippen molar-refractivity contribution in [3.05, 3.63) is 81.9 Å². The summed E-state index contributed by atoms with van der Waals surface area (Å²) >= 11 is 0. The summed E-state index contributed by atoms with van der Waals surface area (Å²) in [6, 6.07) is 17.5. The maximum atomic E-state index is 12.1. The van der Waals surface area contributed by atoms with Crippen LogP contribution in [0.3, 0.4) is 0 Å². The van der Waals surface area contributed by atoms with Gasteiger partial charge in [0, 0.05) is 38.2 Å². The summed E-state index contributed by atoms with van der Waals surface area (Å²) in [7, 11) is 3.33. The molecule has 1 fully saturated rings. The lowest BCUT2D eigenvalue weighted by atomic mass is 9.87. The highest BCUT2D eigenvalue weighted by molar-refractivity contribution is 5.76. The lowest BCUT2D eigenvalue weighted by Crippen LogP contribution is -2.27. The number of aryl methyl sites for hydroxylation is 2. The maximum Gasteiger partial charge on any atom is 0.306 e. The summed E-state index contributed by atoms with van der Waals surface area (Å²) < 4.78 is 11.1. The van der Waals surface area contributed by atoms with Crippen LogP contribution in [0, 0.1) is 26.2 Å². The Hall–Kier alpha value is -3.80. The number of methoxy groups -OCH3 is 1. The fourth-order valence-corrected chi connectivity index (χ4v) is 6.96. The molecule has 0 bridgehead atoms. The number of nitrogens with one attached hydrogen (secondary N) is 1. The van der Waals surface area contributed by atoms with Gasteiger partial charge in [-0.1, -0.05) is 31.2 Å². The van der Waals surface area contributed by atoms with Crippen molar-refractivity contribution in [1.82, 2.24) is 4.90 Å². The van der Waals surface area contributed by atoms with Crippen LogP contribution >= 0.6 is 0 Å². The van der Waals surface area contributed by atoms with E-state index in [0.717, 1.165) is 30.8 Å². The molecular formula is C37H46N2O4. The van der Waals surface area contributed by atoms with Crippen molar-refractivity contribution in [2.24, 2.45) is 5.41 Å². The largest absolute Gasteiger partial charge is 0.494 e. The maximum absolute atomic E-state index is 12.1. The molecule has 0 aromatic heterocycles. The number of rotatable bonds is 12. The number of carbonyl (C=O) groups excluding carboxylic acids is 2. The third kappa shape index (κ3) is 6.58. The van der Waals surface area contributed by atoms with Crippen molar-refractivity contribution in [2.75, 3.05) is 32.6 Å². The van der Waals surface area contributed by atoms with E-state index < -0.39 is 0 Å². The first kappa shape index (κ1) is 30.7. The zero-order chi connectivity index (χ0) is 30.7. The predicted molar refractivity (Wildman–Crippen MR) is 173 cm³/mol. The van der Waals surface area contributed by atoms with Crippen molar-refractivity contribution in [3.8, 4) is 16.9 Å². The Bertz CT molecular complexity index is 1480. The first-order chi connectivity index (χ1) is 20.7. The molecule has 6 nitrogen and oxygen atoms in total. The highest BCUT2D eigenvalue weighted by atomic mass is 16.5. The Kier molecular flexibility index (Phi) is 9.14. The second kappa shape index (κ2) is 12.8. The molecule has 43 heavy (non-hydrogen) atoms. The number of hydrogen-bond donors (Lipinski definition) is 1. The fourth-order valence-electron chi connectivity index (χ4n) is 6.96. The zero-order valence-corrected chi connectivity index (χ0v) is 26.6. The second-order valence-corrected chi connectivity index (χ2v) is 12.5. The number of nitrogens with zero attached hydrogens (tertiary/aromatic N) is 1. The van der Waals surface area contributed by atoms with Gasteiger partial charge < -0.3 is 19.7 Å².